The van der Waals surface area contributed by atoms with E-state index < -0.39 is 23.1 Å². The molecule has 0 amide bonds. The molecule has 2 heterocycles. The summed E-state index contributed by atoms with van der Waals surface area (Å²) < 4.78 is 52.5. The van der Waals surface area contributed by atoms with E-state index in [9.17, 15) is 23.1 Å². The smallest absolute Gasteiger partial charge is 0.453 e. The van der Waals surface area contributed by atoms with Gasteiger partial charge in [0.15, 0.2) is 0 Å². The van der Waals surface area contributed by atoms with E-state index in [-0.39, 0.29) is 34.6 Å². The first kappa shape index (κ1) is 23.4. The van der Waals surface area contributed by atoms with Gasteiger partial charge in [-0.15, -0.1) is 0 Å². The fourth-order valence-corrected chi connectivity index (χ4v) is 4.15. The number of rotatable bonds is 4. The molecule has 0 bridgehead atoms. The van der Waals surface area contributed by atoms with Crippen LogP contribution in [-0.4, -0.2) is 23.1 Å². The van der Waals surface area contributed by atoms with Gasteiger partial charge in [-0.1, -0.05) is 24.4 Å². The summed E-state index contributed by atoms with van der Waals surface area (Å²) in [5, 5.41) is 10.8. The Balaban J connectivity index is 1.86. The van der Waals surface area contributed by atoms with Gasteiger partial charge in [-0.05, 0) is 68.8 Å². The number of hydrogen-bond acceptors (Lipinski definition) is 5. The van der Waals surface area contributed by atoms with Crippen molar-refractivity contribution in [3.63, 3.8) is 0 Å². The molecule has 1 aromatic heterocycles. The largest absolute Gasteiger partial charge is 0.507 e. The van der Waals surface area contributed by atoms with Gasteiger partial charge in [0.2, 0.25) is 11.2 Å². The number of phenolic OH excluding ortho intramolecular Hbond substituents is 1. The van der Waals surface area contributed by atoms with E-state index in [0.717, 1.165) is 38.8 Å². The van der Waals surface area contributed by atoms with Crippen LogP contribution in [-0.2, 0) is 12.7 Å². The van der Waals surface area contributed by atoms with Gasteiger partial charge in [-0.2, -0.15) is 13.2 Å². The van der Waals surface area contributed by atoms with Crippen LogP contribution in [0.4, 0.5) is 13.2 Å². The minimum absolute atomic E-state index is 0.0256. The van der Waals surface area contributed by atoms with Crippen LogP contribution < -0.4 is 10.2 Å². The summed E-state index contributed by atoms with van der Waals surface area (Å²) in [6.07, 6.45) is -0.911. The summed E-state index contributed by atoms with van der Waals surface area (Å²) in [5.74, 6) is -2.69. The summed E-state index contributed by atoms with van der Waals surface area (Å²) >= 11 is 5.98. The minimum Gasteiger partial charge on any atom is -0.507 e. The number of ether oxygens (including phenoxy) is 1. The number of halogens is 4. The molecule has 0 saturated carbocycles. The lowest BCUT2D eigenvalue weighted by molar-refractivity contribution is -0.154. The molecule has 33 heavy (non-hydrogen) atoms. The number of fused-ring (bicyclic) bond motifs is 1. The molecule has 1 N–H and O–H groups in total. The summed E-state index contributed by atoms with van der Waals surface area (Å²) in [6, 6.07) is 6.84. The molecule has 1 saturated heterocycles. The van der Waals surface area contributed by atoms with Crippen LogP contribution in [0.25, 0.3) is 11.0 Å². The Kier molecular flexibility index (Phi) is 6.59. The van der Waals surface area contributed by atoms with Gasteiger partial charge in [-0.25, -0.2) is 0 Å². The van der Waals surface area contributed by atoms with E-state index in [1.807, 2.05) is 0 Å². The maximum atomic E-state index is 13.9. The van der Waals surface area contributed by atoms with Crippen LogP contribution in [0.3, 0.4) is 0 Å². The van der Waals surface area contributed by atoms with E-state index in [1.165, 1.54) is 30.3 Å². The highest BCUT2D eigenvalue weighted by Crippen LogP contribution is 2.40. The highest BCUT2D eigenvalue weighted by Gasteiger charge is 2.41. The second-order valence-electron chi connectivity index (χ2n) is 8.23. The number of likely N-dealkylation sites (tertiary alicyclic amines) is 1. The molecule has 1 aliphatic heterocycles. The number of benzene rings is 2. The Morgan fingerprint density at radius 1 is 1.12 bits per heavy atom. The molecule has 3 aromatic rings. The Hall–Kier alpha value is -2.71. The lowest BCUT2D eigenvalue weighted by atomic mass is 10.1. The molecule has 176 valence electrons. The highest BCUT2D eigenvalue weighted by atomic mass is 35.5. The molecule has 2 aromatic carbocycles. The fraction of sp³-hybridized carbons (Fsp3) is 0.375. The molecule has 0 unspecified atom stereocenters. The Bertz CT molecular complexity index is 1230. The van der Waals surface area contributed by atoms with E-state index in [0.29, 0.717) is 10.6 Å². The molecule has 9 heteroatoms. The van der Waals surface area contributed by atoms with Crippen molar-refractivity contribution in [1.29, 1.82) is 0 Å². The molecule has 0 atom stereocenters. The lowest BCUT2D eigenvalue weighted by Crippen LogP contribution is -2.24. The number of nitrogens with zero attached hydrogens (tertiary/aromatic N) is 1. The predicted octanol–water partition coefficient (Wildman–Crippen LogP) is 6.65. The monoisotopic (exact) mass is 481 g/mol. The number of aryl methyl sites for hydroxylation is 1. The van der Waals surface area contributed by atoms with Crippen molar-refractivity contribution in [1.82, 2.24) is 4.90 Å². The number of alkyl halides is 3. The maximum Gasteiger partial charge on any atom is 0.453 e. The zero-order valence-electron chi connectivity index (χ0n) is 18.0. The average molecular weight is 482 g/mol. The van der Waals surface area contributed by atoms with Gasteiger partial charge >= 0.3 is 6.18 Å². The van der Waals surface area contributed by atoms with E-state index in [2.05, 4.69) is 4.90 Å². The number of aromatic hydroxyl groups is 1. The molecule has 5 nitrogen and oxygen atoms in total. The molecule has 0 aliphatic carbocycles. The van der Waals surface area contributed by atoms with Crippen molar-refractivity contribution >= 4 is 22.6 Å². The van der Waals surface area contributed by atoms with Gasteiger partial charge in [-0.3, -0.25) is 9.69 Å². The van der Waals surface area contributed by atoms with E-state index in [1.54, 1.807) is 6.92 Å². The van der Waals surface area contributed by atoms with Crippen LogP contribution >= 0.6 is 11.6 Å². The van der Waals surface area contributed by atoms with E-state index >= 15 is 0 Å². The normalized spacial score (nSPS) is 15.5. The topological polar surface area (TPSA) is 62.9 Å². The standard InChI is InChI=1S/C24H23ClF3NO4/c1-14-12-15(6-8-18(14)25)32-22-20(31)16-7-9-19(30)17(13-29-10-4-2-3-5-11-29)21(16)33-23(22)24(26,27)28/h6-9,12,30H,2-5,10-11,13H2,1H3. The van der Waals surface area contributed by atoms with Crippen molar-refractivity contribution in [2.24, 2.45) is 0 Å². The molecule has 0 radical (unpaired) electrons. The third-order valence-corrected chi connectivity index (χ3v) is 6.21. The van der Waals surface area contributed by atoms with Crippen LogP contribution in [0.2, 0.25) is 5.02 Å². The number of hydrogen-bond donors (Lipinski definition) is 1. The molecular weight excluding hydrogens is 459 g/mol. The van der Waals surface area contributed by atoms with E-state index in [4.69, 9.17) is 20.8 Å². The van der Waals surface area contributed by atoms with Crippen LogP contribution in [0, 0.1) is 6.92 Å². The first-order valence-electron chi connectivity index (χ1n) is 10.7. The summed E-state index contributed by atoms with van der Waals surface area (Å²) in [6.45, 7) is 3.35. The van der Waals surface area contributed by atoms with Gasteiger partial charge in [0.25, 0.3) is 5.76 Å². The highest BCUT2D eigenvalue weighted by molar-refractivity contribution is 6.31. The third-order valence-electron chi connectivity index (χ3n) is 5.78. The molecule has 0 spiro atoms. The quantitative estimate of drug-likeness (QED) is 0.452. The summed E-state index contributed by atoms with van der Waals surface area (Å²) in [4.78, 5) is 15.2. The molecule has 1 fully saturated rings. The lowest BCUT2D eigenvalue weighted by Gasteiger charge is -2.21. The average Bonchev–Trinajstić information content (AvgIpc) is 3.02. The van der Waals surface area contributed by atoms with Crippen molar-refractivity contribution in [2.75, 3.05) is 13.1 Å². The first-order valence-corrected chi connectivity index (χ1v) is 11.1. The summed E-state index contributed by atoms with van der Waals surface area (Å²) in [5.41, 5.74) is -0.507. The summed E-state index contributed by atoms with van der Waals surface area (Å²) in [7, 11) is 0. The molecule has 1 aliphatic rings. The SMILES string of the molecule is Cc1cc(Oc2c(C(F)(F)F)oc3c(CN4CCCCCC4)c(O)ccc3c2=O)ccc1Cl. The second kappa shape index (κ2) is 9.27. The van der Waals surface area contributed by atoms with Crippen molar-refractivity contribution in [3.05, 3.63) is 62.5 Å². The van der Waals surface area contributed by atoms with Gasteiger partial charge in [0.05, 0.1) is 10.9 Å². The zero-order chi connectivity index (χ0) is 23.8. The zero-order valence-corrected chi connectivity index (χ0v) is 18.7. The Labute approximate surface area is 193 Å². The fourth-order valence-electron chi connectivity index (χ4n) is 4.04. The van der Waals surface area contributed by atoms with Crippen LogP contribution in [0.5, 0.6) is 17.2 Å². The van der Waals surface area contributed by atoms with Crippen molar-refractivity contribution in [2.45, 2.75) is 45.3 Å². The van der Waals surface area contributed by atoms with Gasteiger partial charge < -0.3 is 14.3 Å². The Morgan fingerprint density at radius 3 is 2.45 bits per heavy atom. The molecule has 4 rings (SSSR count). The molecular formula is C24H23ClF3NO4. The number of phenols is 1. The Morgan fingerprint density at radius 2 is 1.82 bits per heavy atom. The second-order valence-corrected chi connectivity index (χ2v) is 8.64. The van der Waals surface area contributed by atoms with Gasteiger partial charge in [0, 0.05) is 11.6 Å². The first-order chi connectivity index (χ1) is 15.6. The maximum absolute atomic E-state index is 13.9. The van der Waals surface area contributed by atoms with Crippen molar-refractivity contribution < 1.29 is 27.4 Å². The third kappa shape index (κ3) is 4.96. The predicted molar refractivity (Wildman–Crippen MR) is 119 cm³/mol. The minimum atomic E-state index is -4.99. The van der Waals surface area contributed by atoms with Gasteiger partial charge in [0.1, 0.15) is 17.1 Å². The van der Waals surface area contributed by atoms with Crippen LogP contribution in [0.15, 0.2) is 39.5 Å². The van der Waals surface area contributed by atoms with Crippen LogP contribution in [0.1, 0.15) is 42.6 Å². The van der Waals surface area contributed by atoms with Crippen molar-refractivity contribution in [3.8, 4) is 17.2 Å².